The average molecular weight is 451 g/mol. The van der Waals surface area contributed by atoms with E-state index in [9.17, 15) is 14.0 Å². The normalized spacial score (nSPS) is 14.2. The number of nitrogens with zero attached hydrogens (tertiary/aromatic N) is 1. The number of benzene rings is 2. The summed E-state index contributed by atoms with van der Waals surface area (Å²) in [6.45, 7) is 7.09. The molecule has 1 aliphatic heterocycles. The van der Waals surface area contributed by atoms with Gasteiger partial charge in [0.1, 0.15) is 11.6 Å². The molecule has 0 saturated heterocycles. The van der Waals surface area contributed by atoms with Crippen LogP contribution in [-0.4, -0.2) is 29.9 Å². The maximum atomic E-state index is 13.0. The number of ether oxygens (including phenoxy) is 2. The molecule has 2 heterocycles. The fourth-order valence-electron chi connectivity index (χ4n) is 4.06. The number of fused-ring (bicyclic) bond motifs is 3. The fourth-order valence-corrected chi connectivity index (χ4v) is 4.06. The molecule has 0 spiro atoms. The summed E-state index contributed by atoms with van der Waals surface area (Å²) >= 11 is 0. The van der Waals surface area contributed by atoms with Crippen LogP contribution in [0.2, 0.25) is 0 Å². The molecule has 0 unspecified atom stereocenters. The molecule has 1 aliphatic rings. The van der Waals surface area contributed by atoms with Gasteiger partial charge in [-0.25, -0.2) is 18.5 Å². The van der Waals surface area contributed by atoms with Crippen LogP contribution in [0.1, 0.15) is 37.6 Å². The Hall–Kier alpha value is -3.81. The van der Waals surface area contributed by atoms with Crippen LogP contribution >= 0.6 is 0 Å². The number of hydrogen-bond acceptors (Lipinski definition) is 5. The Kier molecular flexibility index (Phi) is 6.09. The Morgan fingerprint density at radius 2 is 1.94 bits per heavy atom. The minimum absolute atomic E-state index is 0.195. The largest absolute Gasteiger partial charge is 0.449 e. The average Bonchev–Trinajstić information content (AvgIpc) is 3.02. The van der Waals surface area contributed by atoms with Crippen molar-refractivity contribution in [3.05, 3.63) is 71.3 Å². The van der Waals surface area contributed by atoms with Gasteiger partial charge in [0.05, 0.1) is 17.8 Å². The Balaban J connectivity index is 1.66. The topological polar surface area (TPSA) is 81.6 Å². The van der Waals surface area contributed by atoms with Gasteiger partial charge in [-0.2, -0.15) is 0 Å². The van der Waals surface area contributed by atoms with E-state index >= 15 is 0 Å². The van der Waals surface area contributed by atoms with E-state index in [1.165, 1.54) is 16.7 Å². The molecule has 2 N–H and O–H groups in total. The summed E-state index contributed by atoms with van der Waals surface area (Å²) in [5.41, 5.74) is 2.83. The number of carbonyl (C=O) groups is 2. The molecule has 0 saturated carbocycles. The first-order valence-corrected chi connectivity index (χ1v) is 10.8. The van der Waals surface area contributed by atoms with E-state index in [4.69, 9.17) is 9.47 Å². The summed E-state index contributed by atoms with van der Waals surface area (Å²) in [6.07, 6.45) is 2.53. The first kappa shape index (κ1) is 22.4. The molecule has 172 valence electrons. The zero-order valence-electron chi connectivity index (χ0n) is 18.8. The van der Waals surface area contributed by atoms with Gasteiger partial charge >= 0.3 is 12.2 Å². The highest BCUT2D eigenvalue weighted by molar-refractivity contribution is 5.98. The summed E-state index contributed by atoms with van der Waals surface area (Å²) < 4.78 is 25.3. The number of hydrogen-bond donors (Lipinski definition) is 2. The Bertz CT molecular complexity index is 1230. The number of rotatable bonds is 4. The van der Waals surface area contributed by atoms with E-state index in [0.29, 0.717) is 12.1 Å². The van der Waals surface area contributed by atoms with Gasteiger partial charge in [0, 0.05) is 30.0 Å². The minimum atomic E-state index is -0.654. The minimum Gasteiger partial charge on any atom is -0.449 e. The lowest BCUT2D eigenvalue weighted by atomic mass is 9.83. The van der Waals surface area contributed by atoms with E-state index in [0.717, 1.165) is 22.2 Å². The van der Waals surface area contributed by atoms with E-state index in [1.807, 2.05) is 18.3 Å². The van der Waals surface area contributed by atoms with Crippen molar-refractivity contribution in [3.8, 4) is 5.75 Å². The first-order valence-electron chi connectivity index (χ1n) is 10.8. The van der Waals surface area contributed by atoms with E-state index in [-0.39, 0.29) is 30.1 Å². The summed E-state index contributed by atoms with van der Waals surface area (Å²) in [5, 5.41) is 6.78. The molecule has 0 radical (unpaired) electrons. The van der Waals surface area contributed by atoms with Crippen molar-refractivity contribution < 1.29 is 23.5 Å². The first-order chi connectivity index (χ1) is 15.8. The van der Waals surface area contributed by atoms with Gasteiger partial charge < -0.3 is 20.1 Å². The van der Waals surface area contributed by atoms with Crippen molar-refractivity contribution in [1.29, 1.82) is 0 Å². The zero-order chi connectivity index (χ0) is 23.6. The second-order valence-corrected chi connectivity index (χ2v) is 8.44. The molecular formula is C25H26FN3O4. The van der Waals surface area contributed by atoms with Crippen LogP contribution < -0.4 is 15.4 Å². The Labute approximate surface area is 191 Å². The van der Waals surface area contributed by atoms with Gasteiger partial charge in [-0.3, -0.25) is 0 Å². The number of aromatic nitrogens is 1. The SMILES string of the molecule is CCOC(=O)n1c2c(c3ccc(OC(=O)NCc4ccc(F)cc4)cc31)C(C)(C)CNC=C2. The van der Waals surface area contributed by atoms with Crippen molar-refractivity contribution in [3.63, 3.8) is 0 Å². The summed E-state index contributed by atoms with van der Waals surface area (Å²) in [6, 6.07) is 11.1. The lowest BCUT2D eigenvalue weighted by Crippen LogP contribution is -2.29. The molecule has 0 atom stereocenters. The van der Waals surface area contributed by atoms with Crippen LogP contribution in [0.5, 0.6) is 5.75 Å². The molecular weight excluding hydrogens is 425 g/mol. The van der Waals surface area contributed by atoms with Crippen LogP contribution in [0.15, 0.2) is 48.7 Å². The summed E-state index contributed by atoms with van der Waals surface area (Å²) in [5.74, 6) is -0.0522. The molecule has 1 amide bonds. The third-order valence-electron chi connectivity index (χ3n) is 5.57. The number of amides is 1. The van der Waals surface area contributed by atoms with Gasteiger partial charge in [0.15, 0.2) is 0 Å². The van der Waals surface area contributed by atoms with Crippen molar-refractivity contribution in [2.24, 2.45) is 0 Å². The number of nitrogens with one attached hydrogen (secondary N) is 2. The van der Waals surface area contributed by atoms with Gasteiger partial charge in [-0.1, -0.05) is 26.0 Å². The van der Waals surface area contributed by atoms with Crippen LogP contribution in [0.25, 0.3) is 17.0 Å². The molecule has 33 heavy (non-hydrogen) atoms. The van der Waals surface area contributed by atoms with Crippen LogP contribution in [0.3, 0.4) is 0 Å². The zero-order valence-corrected chi connectivity index (χ0v) is 18.8. The summed E-state index contributed by atoms with van der Waals surface area (Å²) in [7, 11) is 0. The van der Waals surface area contributed by atoms with E-state index in [1.54, 1.807) is 31.2 Å². The highest BCUT2D eigenvalue weighted by atomic mass is 19.1. The molecule has 0 fully saturated rings. The predicted molar refractivity (Wildman–Crippen MR) is 124 cm³/mol. The Morgan fingerprint density at radius 1 is 1.18 bits per heavy atom. The van der Waals surface area contributed by atoms with Crippen LogP contribution in [0.4, 0.5) is 14.0 Å². The van der Waals surface area contributed by atoms with Crippen molar-refractivity contribution in [1.82, 2.24) is 15.2 Å². The molecule has 2 aromatic carbocycles. The smallest absolute Gasteiger partial charge is 0.418 e. The lowest BCUT2D eigenvalue weighted by Gasteiger charge is -2.24. The van der Waals surface area contributed by atoms with Crippen LogP contribution in [0, 0.1) is 5.82 Å². The highest BCUT2D eigenvalue weighted by Crippen LogP contribution is 2.39. The number of carbonyl (C=O) groups excluding carboxylic acids is 2. The second kappa shape index (κ2) is 8.97. The monoisotopic (exact) mass is 451 g/mol. The predicted octanol–water partition coefficient (Wildman–Crippen LogP) is 4.93. The number of halogens is 1. The quantitative estimate of drug-likeness (QED) is 0.588. The molecule has 0 aliphatic carbocycles. The van der Waals surface area contributed by atoms with Crippen molar-refractivity contribution >= 4 is 29.2 Å². The van der Waals surface area contributed by atoms with E-state index < -0.39 is 12.2 Å². The van der Waals surface area contributed by atoms with Crippen LogP contribution in [-0.2, 0) is 16.7 Å². The molecule has 0 bridgehead atoms. The van der Waals surface area contributed by atoms with E-state index in [2.05, 4.69) is 24.5 Å². The van der Waals surface area contributed by atoms with Gasteiger partial charge in [0.25, 0.3) is 0 Å². The maximum absolute atomic E-state index is 13.0. The Morgan fingerprint density at radius 3 is 2.67 bits per heavy atom. The molecule has 8 heteroatoms. The van der Waals surface area contributed by atoms with Gasteiger partial charge in [-0.15, -0.1) is 0 Å². The fraction of sp³-hybridized carbons (Fsp3) is 0.280. The summed E-state index contributed by atoms with van der Waals surface area (Å²) in [4.78, 5) is 25.2. The highest BCUT2D eigenvalue weighted by Gasteiger charge is 2.32. The third kappa shape index (κ3) is 4.55. The molecule has 7 nitrogen and oxygen atoms in total. The molecule has 1 aromatic heterocycles. The molecule has 3 aromatic rings. The van der Waals surface area contributed by atoms with Gasteiger partial charge in [0.2, 0.25) is 0 Å². The molecule has 4 rings (SSSR count). The standard InChI is InChI=1S/C25H26FN3O4/c1-4-32-24(31)29-20-11-12-27-15-25(2,3)22(20)19-10-9-18(13-21(19)29)33-23(30)28-14-16-5-7-17(26)8-6-16/h5-13,27H,4,14-15H2,1-3H3,(H,28,30). The van der Waals surface area contributed by atoms with Crippen molar-refractivity contribution in [2.75, 3.05) is 13.2 Å². The van der Waals surface area contributed by atoms with Gasteiger partial charge in [-0.05, 0) is 54.6 Å². The second-order valence-electron chi connectivity index (χ2n) is 8.44. The van der Waals surface area contributed by atoms with Crippen molar-refractivity contribution in [2.45, 2.75) is 32.7 Å². The lowest BCUT2D eigenvalue weighted by molar-refractivity contribution is 0.155. The third-order valence-corrected chi connectivity index (χ3v) is 5.57. The maximum Gasteiger partial charge on any atom is 0.418 e.